The monoisotopic (exact) mass is 338 g/mol. The second kappa shape index (κ2) is 7.03. The second-order valence-electron chi connectivity index (χ2n) is 4.76. The summed E-state index contributed by atoms with van der Waals surface area (Å²) in [5.41, 5.74) is 0.447. The molecule has 0 radical (unpaired) electrons. The van der Waals surface area contributed by atoms with Crippen LogP contribution in [0.15, 0.2) is 48.5 Å². The Balaban J connectivity index is 2.20. The molecule has 0 heterocycles. The average molecular weight is 338 g/mol. The highest BCUT2D eigenvalue weighted by Crippen LogP contribution is 2.30. The van der Waals surface area contributed by atoms with E-state index in [0.29, 0.717) is 5.69 Å². The average Bonchev–Trinajstić information content (AvgIpc) is 2.47. The molecule has 0 aliphatic heterocycles. The van der Waals surface area contributed by atoms with Crippen LogP contribution in [0.1, 0.15) is 17.3 Å². The summed E-state index contributed by atoms with van der Waals surface area (Å²) in [6, 6.07) is 11.2. The number of para-hydroxylation sites is 2. The van der Waals surface area contributed by atoms with Crippen LogP contribution in [-0.2, 0) is 4.79 Å². The summed E-state index contributed by atoms with van der Waals surface area (Å²) in [7, 11) is 0. The number of amides is 2. The largest absolute Gasteiger partial charge is 0.573 e. The number of hydrogen-bond acceptors (Lipinski definition) is 3. The van der Waals surface area contributed by atoms with Crippen molar-refractivity contribution in [3.63, 3.8) is 0 Å². The molecule has 8 heteroatoms. The van der Waals surface area contributed by atoms with Crippen molar-refractivity contribution in [3.05, 3.63) is 54.1 Å². The third-order valence-corrected chi connectivity index (χ3v) is 2.81. The van der Waals surface area contributed by atoms with Crippen LogP contribution in [0, 0.1) is 0 Å². The van der Waals surface area contributed by atoms with E-state index in [1.165, 1.54) is 43.3 Å². The Bertz CT molecular complexity index is 760. The molecule has 2 aromatic rings. The van der Waals surface area contributed by atoms with Crippen molar-refractivity contribution in [3.8, 4) is 5.75 Å². The Labute approximate surface area is 135 Å². The molecule has 0 saturated carbocycles. The molecule has 5 nitrogen and oxygen atoms in total. The van der Waals surface area contributed by atoms with Gasteiger partial charge in [-0.25, -0.2) is 0 Å². The lowest BCUT2D eigenvalue weighted by Gasteiger charge is -2.14. The van der Waals surface area contributed by atoms with E-state index in [0.717, 1.165) is 6.07 Å². The molecular formula is C16H13F3N2O3. The Hall–Kier alpha value is -3.03. The molecule has 0 aliphatic carbocycles. The number of benzene rings is 2. The van der Waals surface area contributed by atoms with Crippen molar-refractivity contribution in [2.24, 2.45) is 0 Å². The summed E-state index contributed by atoms with van der Waals surface area (Å²) >= 11 is 0. The summed E-state index contributed by atoms with van der Waals surface area (Å²) in [6.45, 7) is 1.32. The minimum Gasteiger partial charge on any atom is -0.404 e. The van der Waals surface area contributed by atoms with E-state index in [2.05, 4.69) is 15.4 Å². The molecule has 2 rings (SSSR count). The third kappa shape index (κ3) is 5.01. The van der Waals surface area contributed by atoms with Crippen molar-refractivity contribution >= 4 is 23.2 Å². The van der Waals surface area contributed by atoms with Gasteiger partial charge in [0, 0.05) is 18.2 Å². The van der Waals surface area contributed by atoms with Gasteiger partial charge in [-0.2, -0.15) is 0 Å². The third-order valence-electron chi connectivity index (χ3n) is 2.81. The van der Waals surface area contributed by atoms with Crippen molar-refractivity contribution in [2.45, 2.75) is 13.3 Å². The van der Waals surface area contributed by atoms with Gasteiger partial charge in [-0.3, -0.25) is 9.59 Å². The van der Waals surface area contributed by atoms with Crippen LogP contribution in [-0.4, -0.2) is 18.2 Å². The molecule has 2 N–H and O–H groups in total. The van der Waals surface area contributed by atoms with E-state index in [1.807, 2.05) is 0 Å². The minimum atomic E-state index is -4.87. The van der Waals surface area contributed by atoms with Crippen molar-refractivity contribution in [1.29, 1.82) is 0 Å². The molecule has 0 aliphatic rings. The highest BCUT2D eigenvalue weighted by molar-refractivity contribution is 6.06. The lowest BCUT2D eigenvalue weighted by molar-refractivity contribution is -0.274. The van der Waals surface area contributed by atoms with Crippen LogP contribution in [0.4, 0.5) is 24.5 Å². The van der Waals surface area contributed by atoms with Crippen molar-refractivity contribution < 1.29 is 27.5 Å². The van der Waals surface area contributed by atoms with E-state index < -0.39 is 18.0 Å². The molecule has 0 saturated heterocycles. The standard InChI is InChI=1S/C16H13F3N2O3/c1-10(22)20-12-6-4-5-11(9-12)15(23)21-13-7-2-3-8-14(13)24-16(17,18)19/h2-9H,1H3,(H,20,22)(H,21,23). The summed E-state index contributed by atoms with van der Waals surface area (Å²) in [5, 5.41) is 4.87. The fourth-order valence-corrected chi connectivity index (χ4v) is 1.92. The summed E-state index contributed by atoms with van der Waals surface area (Å²) < 4.78 is 41.0. The molecule has 2 amide bonds. The first kappa shape index (κ1) is 17.3. The molecule has 0 bridgehead atoms. The molecular weight excluding hydrogens is 325 g/mol. The van der Waals surface area contributed by atoms with Gasteiger partial charge in [-0.1, -0.05) is 18.2 Å². The molecule has 0 atom stereocenters. The van der Waals surface area contributed by atoms with Gasteiger partial charge in [0.25, 0.3) is 5.91 Å². The molecule has 0 spiro atoms. The topological polar surface area (TPSA) is 67.4 Å². The SMILES string of the molecule is CC(=O)Nc1cccc(C(=O)Nc2ccccc2OC(F)(F)F)c1. The smallest absolute Gasteiger partial charge is 0.404 e. The normalized spacial score (nSPS) is 10.8. The van der Waals surface area contributed by atoms with Gasteiger partial charge in [-0.05, 0) is 30.3 Å². The predicted molar refractivity (Wildman–Crippen MR) is 81.8 cm³/mol. The first-order valence-electron chi connectivity index (χ1n) is 6.78. The Morgan fingerprint density at radius 1 is 1.00 bits per heavy atom. The Morgan fingerprint density at radius 3 is 2.38 bits per heavy atom. The number of carbonyl (C=O) groups excluding carboxylic acids is 2. The molecule has 2 aromatic carbocycles. The fraction of sp³-hybridized carbons (Fsp3) is 0.125. The summed E-state index contributed by atoms with van der Waals surface area (Å²) in [4.78, 5) is 23.2. The van der Waals surface area contributed by atoms with Gasteiger partial charge in [0.2, 0.25) is 5.91 Å². The molecule has 126 valence electrons. The zero-order chi connectivity index (χ0) is 17.7. The Kier molecular flexibility index (Phi) is 5.08. The highest BCUT2D eigenvalue weighted by Gasteiger charge is 2.32. The maximum Gasteiger partial charge on any atom is 0.573 e. The number of alkyl halides is 3. The molecule has 0 fully saturated rings. The van der Waals surface area contributed by atoms with E-state index in [9.17, 15) is 22.8 Å². The van der Waals surface area contributed by atoms with Gasteiger partial charge in [-0.15, -0.1) is 13.2 Å². The van der Waals surface area contributed by atoms with Gasteiger partial charge >= 0.3 is 6.36 Å². The second-order valence-corrected chi connectivity index (χ2v) is 4.76. The first-order valence-corrected chi connectivity index (χ1v) is 6.78. The summed E-state index contributed by atoms with van der Waals surface area (Å²) in [5.74, 6) is -1.46. The van der Waals surface area contributed by atoms with Crippen LogP contribution in [0.2, 0.25) is 0 Å². The van der Waals surface area contributed by atoms with Crippen LogP contribution in [0.5, 0.6) is 5.75 Å². The number of halogens is 3. The Morgan fingerprint density at radius 2 is 1.71 bits per heavy atom. The number of rotatable bonds is 4. The number of ether oxygens (including phenoxy) is 1. The number of carbonyl (C=O) groups is 2. The highest BCUT2D eigenvalue weighted by atomic mass is 19.4. The number of nitrogens with one attached hydrogen (secondary N) is 2. The zero-order valence-corrected chi connectivity index (χ0v) is 12.5. The lowest BCUT2D eigenvalue weighted by Crippen LogP contribution is -2.19. The quantitative estimate of drug-likeness (QED) is 0.891. The van der Waals surface area contributed by atoms with E-state index >= 15 is 0 Å². The maximum atomic E-state index is 12.4. The van der Waals surface area contributed by atoms with Crippen molar-refractivity contribution in [1.82, 2.24) is 0 Å². The van der Waals surface area contributed by atoms with E-state index in [1.54, 1.807) is 6.07 Å². The predicted octanol–water partition coefficient (Wildman–Crippen LogP) is 3.80. The maximum absolute atomic E-state index is 12.4. The number of anilines is 2. The van der Waals surface area contributed by atoms with E-state index in [4.69, 9.17) is 0 Å². The van der Waals surface area contributed by atoms with Crippen LogP contribution in [0.25, 0.3) is 0 Å². The lowest BCUT2D eigenvalue weighted by atomic mass is 10.1. The minimum absolute atomic E-state index is 0.121. The molecule has 0 unspecified atom stereocenters. The van der Waals surface area contributed by atoms with Gasteiger partial charge < -0.3 is 15.4 Å². The van der Waals surface area contributed by atoms with Crippen LogP contribution in [0.3, 0.4) is 0 Å². The van der Waals surface area contributed by atoms with Gasteiger partial charge in [0.1, 0.15) is 0 Å². The zero-order valence-electron chi connectivity index (χ0n) is 12.5. The van der Waals surface area contributed by atoms with Gasteiger partial charge in [0.05, 0.1) is 5.69 Å². The molecule has 0 aromatic heterocycles. The number of hydrogen-bond donors (Lipinski definition) is 2. The molecule has 24 heavy (non-hydrogen) atoms. The first-order chi connectivity index (χ1) is 11.2. The fourth-order valence-electron chi connectivity index (χ4n) is 1.92. The van der Waals surface area contributed by atoms with Crippen molar-refractivity contribution in [2.75, 3.05) is 10.6 Å². The van der Waals surface area contributed by atoms with E-state index in [-0.39, 0.29) is 17.2 Å². The van der Waals surface area contributed by atoms with Gasteiger partial charge in [0.15, 0.2) is 5.75 Å². The van der Waals surface area contributed by atoms with Crippen LogP contribution < -0.4 is 15.4 Å². The summed E-state index contributed by atoms with van der Waals surface area (Å²) in [6.07, 6.45) is -4.87. The van der Waals surface area contributed by atoms with Crippen LogP contribution >= 0.6 is 0 Å².